The molecule has 10 nitrogen and oxygen atoms in total. The number of nitrogens with one attached hydrogen (secondary N) is 1. The van der Waals surface area contributed by atoms with Crippen LogP contribution in [0.25, 0.3) is 0 Å². The molecule has 2 N–H and O–H groups in total. The molecule has 0 aromatic heterocycles. The molecule has 0 bridgehead atoms. The molecule has 3 aliphatic heterocycles. The van der Waals surface area contributed by atoms with Crippen LogP contribution in [-0.2, 0) is 28.7 Å². The van der Waals surface area contributed by atoms with Crippen LogP contribution in [0.4, 0.5) is 0 Å². The van der Waals surface area contributed by atoms with Gasteiger partial charge in [0.1, 0.15) is 24.2 Å². The lowest BCUT2D eigenvalue weighted by molar-refractivity contribution is -0.150. The number of carboxylic acid groups (broad SMARTS) is 1. The van der Waals surface area contributed by atoms with Crippen LogP contribution < -0.4 is 5.32 Å². The van der Waals surface area contributed by atoms with Crippen molar-refractivity contribution in [1.82, 2.24) is 10.2 Å². The van der Waals surface area contributed by atoms with Crippen LogP contribution in [0, 0.1) is 0 Å². The lowest BCUT2D eigenvalue weighted by atomic mass is 10.0. The molecule has 0 spiro atoms. The first-order valence-electron chi connectivity index (χ1n) is 7.59. The summed E-state index contributed by atoms with van der Waals surface area (Å²) in [6, 6.07) is -0.869. The largest absolute Gasteiger partial charge is 0.477 e. The zero-order valence-corrected chi connectivity index (χ0v) is 16.0. The van der Waals surface area contributed by atoms with E-state index < -0.39 is 35.0 Å². The molecule has 2 atom stereocenters. The van der Waals surface area contributed by atoms with Crippen molar-refractivity contribution >= 4 is 51.2 Å². The second kappa shape index (κ2) is 7.55. The fourth-order valence-corrected chi connectivity index (χ4v) is 4.64. The molecular formula is C14H16BrN3O7S. The number of carbonyl (C=O) groups excluding carboxylic acids is 2. The fourth-order valence-electron chi connectivity index (χ4n) is 2.85. The Morgan fingerprint density at radius 3 is 2.81 bits per heavy atom. The summed E-state index contributed by atoms with van der Waals surface area (Å²) in [5, 5.41) is 15.1. The number of hydrogen-bond donors (Lipinski definition) is 2. The number of halogens is 1. The fraction of sp³-hybridized carbons (Fsp3) is 0.571. The first kappa shape index (κ1) is 19.1. The van der Waals surface area contributed by atoms with E-state index >= 15 is 0 Å². The van der Waals surface area contributed by atoms with Gasteiger partial charge in [-0.1, -0.05) is 21.1 Å². The van der Waals surface area contributed by atoms with Crippen molar-refractivity contribution < 1.29 is 33.8 Å². The molecule has 3 aliphatic rings. The molecule has 12 heteroatoms. The summed E-state index contributed by atoms with van der Waals surface area (Å²) in [7, 11) is 1.28. The van der Waals surface area contributed by atoms with Crippen molar-refractivity contribution in [2.45, 2.75) is 17.2 Å². The Bertz CT molecular complexity index is 692. The molecule has 2 fully saturated rings. The predicted octanol–water partition coefficient (Wildman–Crippen LogP) is -0.505. The van der Waals surface area contributed by atoms with Gasteiger partial charge in [0, 0.05) is 5.75 Å². The number of ether oxygens (including phenoxy) is 2. The Labute approximate surface area is 161 Å². The number of amides is 2. The van der Waals surface area contributed by atoms with E-state index in [1.54, 1.807) is 0 Å². The van der Waals surface area contributed by atoms with Crippen LogP contribution in [0.5, 0.6) is 0 Å². The minimum atomic E-state index is -1.40. The van der Waals surface area contributed by atoms with E-state index in [1.165, 1.54) is 24.9 Å². The SMILES string of the molecule is CON=C(C(=O)NC1C(=O)N2C(C(=O)O)=CCS[C@H]12)C1(CBr)OCCO1. The molecule has 3 heterocycles. The minimum absolute atomic E-state index is 0.0746. The van der Waals surface area contributed by atoms with Gasteiger partial charge >= 0.3 is 5.97 Å². The minimum Gasteiger partial charge on any atom is -0.477 e. The van der Waals surface area contributed by atoms with Crippen LogP contribution in [0.1, 0.15) is 0 Å². The number of nitrogens with zero attached hydrogens (tertiary/aromatic N) is 2. The highest BCUT2D eigenvalue weighted by Gasteiger charge is 2.54. The van der Waals surface area contributed by atoms with Crippen LogP contribution in [0.15, 0.2) is 16.9 Å². The molecule has 0 saturated carbocycles. The first-order valence-corrected chi connectivity index (χ1v) is 9.76. The topological polar surface area (TPSA) is 127 Å². The van der Waals surface area contributed by atoms with Gasteiger partial charge in [0.2, 0.25) is 11.5 Å². The normalized spacial score (nSPS) is 27.3. The number of rotatable bonds is 6. The number of alkyl halides is 1. The molecular weight excluding hydrogens is 434 g/mol. The Morgan fingerprint density at radius 1 is 1.54 bits per heavy atom. The van der Waals surface area contributed by atoms with E-state index in [-0.39, 0.29) is 30.0 Å². The summed E-state index contributed by atoms with van der Waals surface area (Å²) in [6.45, 7) is 0.561. The molecule has 0 aromatic carbocycles. The number of oxime groups is 1. The van der Waals surface area contributed by atoms with Gasteiger partial charge in [-0.2, -0.15) is 0 Å². The highest BCUT2D eigenvalue weighted by Crippen LogP contribution is 2.37. The maximum atomic E-state index is 12.7. The van der Waals surface area contributed by atoms with Gasteiger partial charge in [-0.3, -0.25) is 14.5 Å². The van der Waals surface area contributed by atoms with Crippen molar-refractivity contribution in [2.75, 3.05) is 31.4 Å². The summed E-state index contributed by atoms with van der Waals surface area (Å²) < 4.78 is 11.0. The lowest BCUT2D eigenvalue weighted by Gasteiger charge is -2.48. The Balaban J connectivity index is 1.75. The number of thioether (sulfide) groups is 1. The third-order valence-electron chi connectivity index (χ3n) is 4.04. The summed E-state index contributed by atoms with van der Waals surface area (Å²) in [4.78, 5) is 42.2. The van der Waals surface area contributed by atoms with E-state index in [9.17, 15) is 19.5 Å². The second-order valence-corrected chi connectivity index (χ2v) is 7.19. The lowest BCUT2D eigenvalue weighted by Crippen LogP contribution is -2.71. The van der Waals surface area contributed by atoms with E-state index in [0.29, 0.717) is 5.75 Å². The van der Waals surface area contributed by atoms with Crippen LogP contribution in [-0.4, -0.2) is 82.1 Å². The van der Waals surface area contributed by atoms with Crippen molar-refractivity contribution in [3.05, 3.63) is 11.8 Å². The molecule has 26 heavy (non-hydrogen) atoms. The smallest absolute Gasteiger partial charge is 0.352 e. The predicted molar refractivity (Wildman–Crippen MR) is 93.6 cm³/mol. The van der Waals surface area contributed by atoms with E-state index in [2.05, 4.69) is 26.4 Å². The standard InChI is InChI=1S/C14H16BrN3O7S/c1-23-17-9(14(6-15)24-3-4-25-14)10(19)16-8-11(20)18-7(13(21)22)2-5-26-12(8)18/h2,8,12H,3-6H2,1H3,(H,16,19)(H,21,22)/t8?,12-/m1/s1. The number of β-lactam (4-membered cyclic amide) rings is 1. The molecule has 2 amide bonds. The van der Waals surface area contributed by atoms with E-state index in [1.807, 2.05) is 0 Å². The van der Waals surface area contributed by atoms with Gasteiger partial charge < -0.3 is 24.7 Å². The quantitative estimate of drug-likeness (QED) is 0.240. The van der Waals surface area contributed by atoms with Crippen LogP contribution >= 0.6 is 27.7 Å². The third-order valence-corrected chi connectivity index (χ3v) is 5.96. The number of carbonyl (C=O) groups is 3. The van der Waals surface area contributed by atoms with Crippen LogP contribution in [0.3, 0.4) is 0 Å². The third kappa shape index (κ3) is 3.10. The highest BCUT2D eigenvalue weighted by molar-refractivity contribution is 9.09. The maximum absolute atomic E-state index is 12.7. The number of fused-ring (bicyclic) bond motifs is 1. The highest BCUT2D eigenvalue weighted by atomic mass is 79.9. The Hall–Kier alpha value is -1.63. The van der Waals surface area contributed by atoms with Crippen LogP contribution in [0.2, 0.25) is 0 Å². The van der Waals surface area contributed by atoms with Crippen molar-refractivity contribution in [1.29, 1.82) is 0 Å². The Morgan fingerprint density at radius 2 is 2.23 bits per heavy atom. The molecule has 0 aromatic rings. The number of carboxylic acids is 1. The number of aliphatic carboxylic acids is 1. The average molecular weight is 450 g/mol. The van der Waals surface area contributed by atoms with Gasteiger partial charge in [-0.15, -0.1) is 11.8 Å². The number of hydrogen-bond acceptors (Lipinski definition) is 8. The monoisotopic (exact) mass is 449 g/mol. The summed E-state index contributed by atoms with van der Waals surface area (Å²) >= 11 is 4.60. The van der Waals surface area contributed by atoms with Gasteiger partial charge in [0.15, 0.2) is 0 Å². The molecule has 2 saturated heterocycles. The summed E-state index contributed by atoms with van der Waals surface area (Å²) in [5.41, 5.74) is -0.232. The maximum Gasteiger partial charge on any atom is 0.352 e. The van der Waals surface area contributed by atoms with Crippen molar-refractivity contribution in [3.8, 4) is 0 Å². The van der Waals surface area contributed by atoms with Gasteiger partial charge in [-0.05, 0) is 6.08 Å². The zero-order chi connectivity index (χ0) is 18.9. The van der Waals surface area contributed by atoms with E-state index in [0.717, 1.165) is 4.90 Å². The molecule has 0 aliphatic carbocycles. The molecule has 142 valence electrons. The Kier molecular flexibility index (Phi) is 5.55. The zero-order valence-electron chi connectivity index (χ0n) is 13.6. The molecule has 3 rings (SSSR count). The van der Waals surface area contributed by atoms with E-state index in [4.69, 9.17) is 14.3 Å². The summed E-state index contributed by atoms with van der Waals surface area (Å²) in [6.07, 6.45) is 1.47. The van der Waals surface area contributed by atoms with Gasteiger partial charge in [0.25, 0.3) is 11.8 Å². The summed E-state index contributed by atoms with van der Waals surface area (Å²) in [5.74, 6) is -3.33. The second-order valence-electron chi connectivity index (χ2n) is 5.48. The van der Waals surface area contributed by atoms with Gasteiger partial charge in [0.05, 0.1) is 18.5 Å². The molecule has 1 unspecified atom stereocenters. The first-order chi connectivity index (χ1) is 12.4. The van der Waals surface area contributed by atoms with Crippen molar-refractivity contribution in [2.24, 2.45) is 5.16 Å². The average Bonchev–Trinajstić information content (AvgIpc) is 3.12. The van der Waals surface area contributed by atoms with Crippen molar-refractivity contribution in [3.63, 3.8) is 0 Å². The molecule has 0 radical (unpaired) electrons. The van der Waals surface area contributed by atoms with Gasteiger partial charge in [-0.25, -0.2) is 4.79 Å².